The summed E-state index contributed by atoms with van der Waals surface area (Å²) in [7, 11) is 0. The molecule has 21 heavy (non-hydrogen) atoms. The second kappa shape index (κ2) is 5.61. The van der Waals surface area contributed by atoms with Gasteiger partial charge in [-0.05, 0) is 19.1 Å². The summed E-state index contributed by atoms with van der Waals surface area (Å²) < 4.78 is 6.38. The summed E-state index contributed by atoms with van der Waals surface area (Å²) in [6, 6.07) is 6.30. The van der Waals surface area contributed by atoms with Crippen molar-refractivity contribution in [3.05, 3.63) is 34.6 Å². The van der Waals surface area contributed by atoms with Crippen LogP contribution in [-0.4, -0.2) is 52.1 Å². The number of benzene rings is 1. The highest BCUT2D eigenvalue weighted by Crippen LogP contribution is 2.10. The van der Waals surface area contributed by atoms with E-state index in [2.05, 4.69) is 10.3 Å². The Kier molecular flexibility index (Phi) is 3.66. The monoisotopic (exact) mass is 288 g/mol. The molecule has 7 heteroatoms. The van der Waals surface area contributed by atoms with Crippen molar-refractivity contribution in [3.8, 4) is 0 Å². The molecule has 0 bridgehead atoms. The molecule has 1 atom stereocenters. The predicted octanol–water partition coefficient (Wildman–Crippen LogP) is 0.211. The number of amides is 1. The molecule has 1 aliphatic heterocycles. The zero-order valence-corrected chi connectivity index (χ0v) is 11.7. The van der Waals surface area contributed by atoms with Crippen molar-refractivity contribution in [2.75, 3.05) is 26.3 Å². The van der Waals surface area contributed by atoms with Crippen LogP contribution < -0.4 is 5.56 Å². The van der Waals surface area contributed by atoms with Crippen LogP contribution in [-0.2, 0) is 9.53 Å². The van der Waals surface area contributed by atoms with Crippen molar-refractivity contribution in [2.45, 2.75) is 13.0 Å². The summed E-state index contributed by atoms with van der Waals surface area (Å²) in [5, 5.41) is 8.37. The molecule has 0 saturated carbocycles. The van der Waals surface area contributed by atoms with Gasteiger partial charge in [0.1, 0.15) is 11.6 Å². The number of rotatable bonds is 2. The number of carbonyl (C=O) groups is 1. The highest BCUT2D eigenvalue weighted by molar-refractivity contribution is 5.81. The molecule has 1 amide bonds. The molecule has 0 unspecified atom stereocenters. The normalized spacial score (nSPS) is 16.9. The maximum absolute atomic E-state index is 12.4. The second-order valence-corrected chi connectivity index (χ2v) is 4.97. The van der Waals surface area contributed by atoms with Crippen LogP contribution in [0.5, 0.6) is 0 Å². The number of fused-ring (bicyclic) bond motifs is 1. The lowest BCUT2D eigenvalue weighted by molar-refractivity contribution is -0.138. The topological polar surface area (TPSA) is 77.3 Å². The predicted molar refractivity (Wildman–Crippen MR) is 75.9 cm³/mol. The molecule has 3 rings (SSSR count). The standard InChI is InChI=1S/C14H16N4O3/c1-10(13(19)17-6-8-21-9-7-17)18-14(20)11-4-2-3-5-12(11)15-16-18/h2-5,10H,6-9H2,1H3/t10-/m0/s1. The number of hydrogen-bond acceptors (Lipinski definition) is 5. The van der Waals surface area contributed by atoms with Crippen LogP contribution in [0.3, 0.4) is 0 Å². The Hall–Kier alpha value is -2.28. The zero-order chi connectivity index (χ0) is 14.8. The molecule has 110 valence electrons. The van der Waals surface area contributed by atoms with Gasteiger partial charge in [-0.25, -0.2) is 0 Å². The minimum Gasteiger partial charge on any atom is -0.378 e. The average molecular weight is 288 g/mol. The Morgan fingerprint density at radius 1 is 1.29 bits per heavy atom. The Labute approximate surface area is 121 Å². The molecule has 0 radical (unpaired) electrons. The van der Waals surface area contributed by atoms with E-state index in [-0.39, 0.29) is 11.5 Å². The molecule has 1 aromatic carbocycles. The molecule has 2 heterocycles. The Morgan fingerprint density at radius 3 is 2.76 bits per heavy atom. The number of aromatic nitrogens is 3. The van der Waals surface area contributed by atoms with Crippen molar-refractivity contribution < 1.29 is 9.53 Å². The van der Waals surface area contributed by atoms with Crippen LogP contribution in [0.2, 0.25) is 0 Å². The maximum Gasteiger partial charge on any atom is 0.278 e. The molecule has 0 N–H and O–H groups in total. The van der Waals surface area contributed by atoms with E-state index in [1.165, 1.54) is 0 Å². The van der Waals surface area contributed by atoms with Crippen molar-refractivity contribution in [2.24, 2.45) is 0 Å². The van der Waals surface area contributed by atoms with E-state index in [1.807, 2.05) is 0 Å². The van der Waals surface area contributed by atoms with Crippen LogP contribution >= 0.6 is 0 Å². The largest absolute Gasteiger partial charge is 0.378 e. The van der Waals surface area contributed by atoms with Gasteiger partial charge in [-0.3, -0.25) is 9.59 Å². The lowest BCUT2D eigenvalue weighted by Crippen LogP contribution is -2.45. The van der Waals surface area contributed by atoms with Gasteiger partial charge in [0, 0.05) is 13.1 Å². The fourth-order valence-electron chi connectivity index (χ4n) is 2.41. The number of ether oxygens (including phenoxy) is 1. The van der Waals surface area contributed by atoms with E-state index in [4.69, 9.17) is 4.74 Å². The van der Waals surface area contributed by atoms with E-state index in [0.29, 0.717) is 37.2 Å². The van der Waals surface area contributed by atoms with Gasteiger partial charge >= 0.3 is 0 Å². The minimum atomic E-state index is -0.673. The highest BCUT2D eigenvalue weighted by Gasteiger charge is 2.25. The number of nitrogens with zero attached hydrogens (tertiary/aromatic N) is 4. The van der Waals surface area contributed by atoms with Crippen LogP contribution in [0.4, 0.5) is 0 Å². The fourth-order valence-corrected chi connectivity index (χ4v) is 2.41. The van der Waals surface area contributed by atoms with Gasteiger partial charge in [-0.2, -0.15) is 4.68 Å². The molecule has 1 fully saturated rings. The summed E-state index contributed by atoms with van der Waals surface area (Å²) in [5.74, 6) is -0.134. The lowest BCUT2D eigenvalue weighted by atomic mass is 10.2. The van der Waals surface area contributed by atoms with Crippen LogP contribution in [0.25, 0.3) is 10.9 Å². The molecule has 1 saturated heterocycles. The Bertz CT molecular complexity index is 721. The second-order valence-electron chi connectivity index (χ2n) is 4.97. The van der Waals surface area contributed by atoms with E-state index >= 15 is 0 Å². The Morgan fingerprint density at radius 2 is 2.00 bits per heavy atom. The van der Waals surface area contributed by atoms with Crippen molar-refractivity contribution >= 4 is 16.8 Å². The first-order chi connectivity index (χ1) is 10.2. The molecule has 2 aromatic rings. The third-order valence-corrected chi connectivity index (χ3v) is 3.64. The summed E-state index contributed by atoms with van der Waals surface area (Å²) in [5.41, 5.74) is 0.236. The van der Waals surface area contributed by atoms with Gasteiger partial charge in [0.2, 0.25) is 5.91 Å². The highest BCUT2D eigenvalue weighted by atomic mass is 16.5. The minimum absolute atomic E-state index is 0.134. The van der Waals surface area contributed by atoms with Gasteiger partial charge in [0.15, 0.2) is 0 Å². The summed E-state index contributed by atoms with van der Waals surface area (Å²) >= 11 is 0. The number of morpholine rings is 1. The fraction of sp³-hybridized carbons (Fsp3) is 0.429. The smallest absolute Gasteiger partial charge is 0.278 e. The summed E-state index contributed by atoms with van der Waals surface area (Å²) in [4.78, 5) is 26.5. The molecule has 1 aliphatic rings. The first-order valence-electron chi connectivity index (χ1n) is 6.89. The Balaban J connectivity index is 1.94. The quantitative estimate of drug-likeness (QED) is 0.789. The van der Waals surface area contributed by atoms with E-state index in [1.54, 1.807) is 36.1 Å². The van der Waals surface area contributed by atoms with Gasteiger partial charge in [0.25, 0.3) is 5.56 Å². The molecule has 7 nitrogen and oxygen atoms in total. The molecular formula is C14H16N4O3. The first-order valence-corrected chi connectivity index (χ1v) is 6.89. The van der Waals surface area contributed by atoms with Crippen molar-refractivity contribution in [3.63, 3.8) is 0 Å². The third-order valence-electron chi connectivity index (χ3n) is 3.64. The van der Waals surface area contributed by atoms with Crippen molar-refractivity contribution in [1.82, 2.24) is 19.9 Å². The molecule has 0 spiro atoms. The van der Waals surface area contributed by atoms with Crippen LogP contribution in [0.15, 0.2) is 29.1 Å². The van der Waals surface area contributed by atoms with E-state index in [0.717, 1.165) is 4.68 Å². The molecule has 1 aromatic heterocycles. The van der Waals surface area contributed by atoms with Crippen LogP contribution in [0, 0.1) is 0 Å². The van der Waals surface area contributed by atoms with Gasteiger partial charge < -0.3 is 9.64 Å². The zero-order valence-electron chi connectivity index (χ0n) is 11.7. The third kappa shape index (κ3) is 2.52. The summed E-state index contributed by atoms with van der Waals surface area (Å²) in [6.45, 7) is 3.80. The van der Waals surface area contributed by atoms with E-state index < -0.39 is 6.04 Å². The summed E-state index contributed by atoms with van der Waals surface area (Å²) in [6.07, 6.45) is 0. The first kappa shape index (κ1) is 13.7. The lowest BCUT2D eigenvalue weighted by Gasteiger charge is -2.29. The molecular weight excluding hydrogens is 272 g/mol. The number of hydrogen-bond donors (Lipinski definition) is 0. The molecule has 0 aliphatic carbocycles. The van der Waals surface area contributed by atoms with Gasteiger partial charge in [-0.15, -0.1) is 5.10 Å². The van der Waals surface area contributed by atoms with Crippen molar-refractivity contribution in [1.29, 1.82) is 0 Å². The van der Waals surface area contributed by atoms with Gasteiger partial charge in [-0.1, -0.05) is 17.3 Å². The van der Waals surface area contributed by atoms with Gasteiger partial charge in [0.05, 0.1) is 18.6 Å². The van der Waals surface area contributed by atoms with Crippen LogP contribution in [0.1, 0.15) is 13.0 Å². The maximum atomic E-state index is 12.4. The SMILES string of the molecule is C[C@@H](C(=O)N1CCOCC1)n1nnc2ccccc2c1=O. The number of carbonyl (C=O) groups excluding carboxylic acids is 1. The average Bonchev–Trinajstić information content (AvgIpc) is 2.55. The van der Waals surface area contributed by atoms with E-state index in [9.17, 15) is 9.59 Å².